The Morgan fingerprint density at radius 1 is 1.59 bits per heavy atom. The molecule has 22 heavy (non-hydrogen) atoms. The number of piperazine rings is 1. The molecule has 1 amide bonds. The van der Waals surface area contributed by atoms with E-state index in [0.29, 0.717) is 24.6 Å². The zero-order chi connectivity index (χ0) is 14.7. The van der Waals surface area contributed by atoms with Crippen molar-refractivity contribution in [2.45, 2.75) is 25.8 Å². The van der Waals surface area contributed by atoms with Crippen molar-refractivity contribution in [2.75, 3.05) is 19.6 Å². The molecule has 8 heteroatoms. The summed E-state index contributed by atoms with van der Waals surface area (Å²) in [6.45, 7) is 4.54. The lowest BCUT2D eigenvalue weighted by Crippen LogP contribution is -2.52. The van der Waals surface area contributed by atoms with Crippen molar-refractivity contribution in [3.63, 3.8) is 0 Å². The number of amides is 1. The summed E-state index contributed by atoms with van der Waals surface area (Å²) >= 11 is 1.59. The van der Waals surface area contributed by atoms with Crippen LogP contribution in [0.25, 0.3) is 11.4 Å². The SMILES string of the molecule is C[C@@H]1CNCCN1C(=O)CCc1nc(-c2ccsc2)no1.Cl. The molecule has 1 aliphatic rings. The average molecular weight is 343 g/mol. The fraction of sp³-hybridized carbons (Fsp3) is 0.500. The predicted octanol–water partition coefficient (Wildman–Crippen LogP) is 1.97. The Morgan fingerprint density at radius 3 is 3.18 bits per heavy atom. The van der Waals surface area contributed by atoms with Crippen LogP contribution in [0.3, 0.4) is 0 Å². The molecule has 1 saturated heterocycles. The molecule has 6 nitrogen and oxygen atoms in total. The maximum Gasteiger partial charge on any atom is 0.227 e. The zero-order valence-electron chi connectivity index (χ0n) is 12.3. The van der Waals surface area contributed by atoms with E-state index in [2.05, 4.69) is 22.4 Å². The van der Waals surface area contributed by atoms with Gasteiger partial charge in [-0.2, -0.15) is 16.3 Å². The number of rotatable bonds is 4. The van der Waals surface area contributed by atoms with Crippen LogP contribution >= 0.6 is 23.7 Å². The minimum absolute atomic E-state index is 0. The maximum atomic E-state index is 12.2. The third-order valence-electron chi connectivity index (χ3n) is 3.62. The van der Waals surface area contributed by atoms with Gasteiger partial charge in [0, 0.05) is 49.5 Å². The molecular weight excluding hydrogens is 324 g/mol. The van der Waals surface area contributed by atoms with E-state index >= 15 is 0 Å². The van der Waals surface area contributed by atoms with Gasteiger partial charge in [-0.15, -0.1) is 12.4 Å². The van der Waals surface area contributed by atoms with Gasteiger partial charge in [0.05, 0.1) is 0 Å². The number of aromatic nitrogens is 2. The van der Waals surface area contributed by atoms with Gasteiger partial charge >= 0.3 is 0 Å². The number of thiophene rings is 1. The monoisotopic (exact) mass is 342 g/mol. The molecule has 2 aromatic rings. The second kappa shape index (κ2) is 7.71. The largest absolute Gasteiger partial charge is 0.339 e. The van der Waals surface area contributed by atoms with Gasteiger partial charge in [-0.25, -0.2) is 0 Å². The van der Waals surface area contributed by atoms with E-state index in [1.165, 1.54) is 0 Å². The summed E-state index contributed by atoms with van der Waals surface area (Å²) < 4.78 is 5.21. The van der Waals surface area contributed by atoms with Crippen molar-refractivity contribution in [3.8, 4) is 11.4 Å². The fourth-order valence-corrected chi connectivity index (χ4v) is 3.07. The van der Waals surface area contributed by atoms with Gasteiger partial charge < -0.3 is 14.7 Å². The quantitative estimate of drug-likeness (QED) is 0.919. The lowest BCUT2D eigenvalue weighted by atomic mass is 10.2. The third kappa shape index (κ3) is 3.85. The molecule has 0 aliphatic carbocycles. The summed E-state index contributed by atoms with van der Waals surface area (Å²) in [6.07, 6.45) is 0.905. The third-order valence-corrected chi connectivity index (χ3v) is 4.31. The van der Waals surface area contributed by atoms with Crippen LogP contribution in [0.1, 0.15) is 19.2 Å². The number of hydrogen-bond donors (Lipinski definition) is 1. The second-order valence-corrected chi connectivity index (χ2v) is 5.94. The first-order chi connectivity index (χ1) is 10.2. The first-order valence-corrected chi connectivity index (χ1v) is 8.03. The van der Waals surface area contributed by atoms with E-state index in [4.69, 9.17) is 4.52 Å². The summed E-state index contributed by atoms with van der Waals surface area (Å²) in [6, 6.07) is 2.20. The Labute approximate surface area is 139 Å². The van der Waals surface area contributed by atoms with E-state index in [1.54, 1.807) is 11.3 Å². The molecule has 1 fully saturated rings. The van der Waals surface area contributed by atoms with Crippen LogP contribution in [0.4, 0.5) is 0 Å². The first-order valence-electron chi connectivity index (χ1n) is 7.09. The van der Waals surface area contributed by atoms with Crippen LogP contribution < -0.4 is 5.32 Å². The van der Waals surface area contributed by atoms with Crippen LogP contribution in [0.15, 0.2) is 21.3 Å². The molecule has 0 unspecified atom stereocenters. The number of nitrogens with zero attached hydrogens (tertiary/aromatic N) is 3. The van der Waals surface area contributed by atoms with Gasteiger partial charge in [-0.3, -0.25) is 4.79 Å². The minimum Gasteiger partial charge on any atom is -0.339 e. The molecule has 0 radical (unpaired) electrons. The lowest BCUT2D eigenvalue weighted by Gasteiger charge is -2.34. The summed E-state index contributed by atoms with van der Waals surface area (Å²) in [4.78, 5) is 18.5. The molecule has 3 rings (SSSR count). The summed E-state index contributed by atoms with van der Waals surface area (Å²) in [5, 5.41) is 11.2. The smallest absolute Gasteiger partial charge is 0.227 e. The Bertz CT molecular complexity index is 602. The molecule has 1 N–H and O–H groups in total. The van der Waals surface area contributed by atoms with Crippen molar-refractivity contribution in [1.82, 2.24) is 20.4 Å². The zero-order valence-corrected chi connectivity index (χ0v) is 14.0. The van der Waals surface area contributed by atoms with Gasteiger partial charge in [0.2, 0.25) is 17.6 Å². The highest BCUT2D eigenvalue weighted by molar-refractivity contribution is 7.08. The molecule has 0 saturated carbocycles. The van der Waals surface area contributed by atoms with Gasteiger partial charge in [0.25, 0.3) is 0 Å². The molecule has 1 aliphatic heterocycles. The van der Waals surface area contributed by atoms with E-state index in [0.717, 1.165) is 25.2 Å². The van der Waals surface area contributed by atoms with Crippen LogP contribution in [-0.2, 0) is 11.2 Å². The number of hydrogen-bond acceptors (Lipinski definition) is 6. The number of nitrogens with one attached hydrogen (secondary N) is 1. The van der Waals surface area contributed by atoms with Gasteiger partial charge in [0.1, 0.15) is 0 Å². The highest BCUT2D eigenvalue weighted by Gasteiger charge is 2.23. The normalized spacial score (nSPS) is 18.0. The molecular formula is C14H19ClN4O2S. The van der Waals surface area contributed by atoms with E-state index in [1.807, 2.05) is 21.7 Å². The van der Waals surface area contributed by atoms with Crippen molar-refractivity contribution in [3.05, 3.63) is 22.7 Å². The molecule has 3 heterocycles. The van der Waals surface area contributed by atoms with Gasteiger partial charge in [0.15, 0.2) is 0 Å². The van der Waals surface area contributed by atoms with Gasteiger partial charge in [-0.05, 0) is 18.4 Å². The van der Waals surface area contributed by atoms with Crippen LogP contribution in [0, 0.1) is 0 Å². The molecule has 0 spiro atoms. The van der Waals surface area contributed by atoms with Crippen LogP contribution in [-0.4, -0.2) is 46.6 Å². The van der Waals surface area contributed by atoms with E-state index < -0.39 is 0 Å². The highest BCUT2D eigenvalue weighted by Crippen LogP contribution is 2.19. The Balaban J connectivity index is 0.00000176. The molecule has 0 aromatic carbocycles. The topological polar surface area (TPSA) is 71.3 Å². The molecule has 1 atom stereocenters. The average Bonchev–Trinajstić information content (AvgIpc) is 3.16. The van der Waals surface area contributed by atoms with Crippen molar-refractivity contribution >= 4 is 29.7 Å². The van der Waals surface area contributed by atoms with Crippen LogP contribution in [0.2, 0.25) is 0 Å². The standard InChI is InChI=1S/C14H18N4O2S.ClH/c1-10-8-15-5-6-18(10)13(19)3-2-12-16-14(17-20-12)11-4-7-21-9-11;/h4,7,9-10,15H,2-3,5-6,8H2,1H3;1H/t10-;/m1./s1. The first kappa shape index (κ1) is 16.9. The number of carbonyl (C=O) groups excluding carboxylic acids is 1. The molecule has 120 valence electrons. The highest BCUT2D eigenvalue weighted by atomic mass is 35.5. The van der Waals surface area contributed by atoms with Crippen LogP contribution in [0.5, 0.6) is 0 Å². The maximum absolute atomic E-state index is 12.2. The fourth-order valence-electron chi connectivity index (χ4n) is 2.43. The van der Waals surface area contributed by atoms with Crippen molar-refractivity contribution in [2.24, 2.45) is 0 Å². The second-order valence-electron chi connectivity index (χ2n) is 5.16. The predicted molar refractivity (Wildman–Crippen MR) is 87.2 cm³/mol. The van der Waals surface area contributed by atoms with Crippen molar-refractivity contribution < 1.29 is 9.32 Å². The molecule has 0 bridgehead atoms. The Hall–Kier alpha value is -1.44. The Kier molecular flexibility index (Phi) is 5.93. The number of carbonyl (C=O) groups is 1. The number of aryl methyl sites for hydroxylation is 1. The van der Waals surface area contributed by atoms with Gasteiger partial charge in [-0.1, -0.05) is 5.16 Å². The Morgan fingerprint density at radius 2 is 2.45 bits per heavy atom. The lowest BCUT2D eigenvalue weighted by molar-refractivity contribution is -0.134. The van der Waals surface area contributed by atoms with E-state index in [9.17, 15) is 4.79 Å². The summed E-state index contributed by atoms with van der Waals surface area (Å²) in [7, 11) is 0. The molecule has 2 aromatic heterocycles. The minimum atomic E-state index is 0. The van der Waals surface area contributed by atoms with E-state index in [-0.39, 0.29) is 24.4 Å². The summed E-state index contributed by atoms with van der Waals surface area (Å²) in [5.74, 6) is 1.26. The van der Waals surface area contributed by atoms with Crippen molar-refractivity contribution in [1.29, 1.82) is 0 Å². The number of halogens is 1. The summed E-state index contributed by atoms with van der Waals surface area (Å²) in [5.41, 5.74) is 0.956.